The number of rotatable bonds is 4. The first kappa shape index (κ1) is 10.5. The molecule has 3 heteroatoms. The highest BCUT2D eigenvalue weighted by molar-refractivity contribution is 5.76. The molecule has 0 aromatic carbocycles. The molecule has 0 atom stereocenters. The number of ether oxygens (including phenoxy) is 1. The van der Waals surface area contributed by atoms with Gasteiger partial charge in [0.15, 0.2) is 0 Å². The standard InChI is InChI=1S/C10H19NO2/c1-9(2)13-8-7-11-6-4-3-5-10(11)12/h9H,3-8H2,1-2H3. The van der Waals surface area contributed by atoms with Gasteiger partial charge in [0, 0.05) is 19.5 Å². The summed E-state index contributed by atoms with van der Waals surface area (Å²) in [6.07, 6.45) is 3.19. The molecule has 3 nitrogen and oxygen atoms in total. The van der Waals surface area contributed by atoms with Gasteiger partial charge in [-0.2, -0.15) is 0 Å². The van der Waals surface area contributed by atoms with E-state index in [-0.39, 0.29) is 6.10 Å². The van der Waals surface area contributed by atoms with Crippen LogP contribution in [-0.2, 0) is 9.53 Å². The Morgan fingerprint density at radius 1 is 1.46 bits per heavy atom. The Morgan fingerprint density at radius 2 is 2.23 bits per heavy atom. The largest absolute Gasteiger partial charge is 0.377 e. The fourth-order valence-corrected chi connectivity index (χ4v) is 1.50. The van der Waals surface area contributed by atoms with Crippen molar-refractivity contribution in [3.05, 3.63) is 0 Å². The number of carbonyl (C=O) groups excluding carboxylic acids is 1. The van der Waals surface area contributed by atoms with Crippen LogP contribution in [0.4, 0.5) is 0 Å². The maximum atomic E-state index is 11.3. The van der Waals surface area contributed by atoms with Gasteiger partial charge in [-0.25, -0.2) is 0 Å². The van der Waals surface area contributed by atoms with Crippen LogP contribution >= 0.6 is 0 Å². The smallest absolute Gasteiger partial charge is 0.222 e. The van der Waals surface area contributed by atoms with Crippen LogP contribution < -0.4 is 0 Å². The molecule has 1 saturated heterocycles. The van der Waals surface area contributed by atoms with Gasteiger partial charge in [0.05, 0.1) is 12.7 Å². The van der Waals surface area contributed by atoms with E-state index in [2.05, 4.69) is 0 Å². The minimum Gasteiger partial charge on any atom is -0.377 e. The van der Waals surface area contributed by atoms with Gasteiger partial charge in [-0.15, -0.1) is 0 Å². The number of hydrogen-bond donors (Lipinski definition) is 0. The van der Waals surface area contributed by atoms with Crippen LogP contribution in [0.2, 0.25) is 0 Å². The van der Waals surface area contributed by atoms with Crippen LogP contribution in [0.3, 0.4) is 0 Å². The van der Waals surface area contributed by atoms with Gasteiger partial charge in [-0.05, 0) is 26.7 Å². The Morgan fingerprint density at radius 3 is 2.85 bits per heavy atom. The third-order valence-electron chi connectivity index (χ3n) is 2.23. The average molecular weight is 185 g/mol. The lowest BCUT2D eigenvalue weighted by atomic mass is 10.1. The molecule has 1 heterocycles. The van der Waals surface area contributed by atoms with E-state index in [9.17, 15) is 4.79 Å². The lowest BCUT2D eigenvalue weighted by molar-refractivity contribution is -0.134. The van der Waals surface area contributed by atoms with Gasteiger partial charge in [0.2, 0.25) is 5.91 Å². The van der Waals surface area contributed by atoms with Gasteiger partial charge in [0.25, 0.3) is 0 Å². The van der Waals surface area contributed by atoms with Crippen molar-refractivity contribution >= 4 is 5.91 Å². The summed E-state index contributed by atoms with van der Waals surface area (Å²) < 4.78 is 5.40. The third-order valence-corrected chi connectivity index (χ3v) is 2.23. The zero-order valence-electron chi connectivity index (χ0n) is 8.58. The molecule has 1 aliphatic heterocycles. The van der Waals surface area contributed by atoms with Gasteiger partial charge in [-0.3, -0.25) is 4.79 Å². The van der Waals surface area contributed by atoms with E-state index in [4.69, 9.17) is 4.74 Å². The summed E-state index contributed by atoms with van der Waals surface area (Å²) in [4.78, 5) is 13.2. The monoisotopic (exact) mass is 185 g/mol. The second-order valence-corrected chi connectivity index (χ2v) is 3.76. The van der Waals surface area contributed by atoms with E-state index in [1.54, 1.807) is 0 Å². The number of carbonyl (C=O) groups is 1. The van der Waals surface area contributed by atoms with Crippen molar-refractivity contribution in [2.24, 2.45) is 0 Å². The summed E-state index contributed by atoms with van der Waals surface area (Å²) in [5.74, 6) is 0.290. The maximum absolute atomic E-state index is 11.3. The van der Waals surface area contributed by atoms with Crippen molar-refractivity contribution in [2.75, 3.05) is 19.7 Å². The topological polar surface area (TPSA) is 29.5 Å². The molecule has 0 aromatic heterocycles. The Kier molecular flexibility index (Phi) is 4.22. The summed E-state index contributed by atoms with van der Waals surface area (Å²) in [7, 11) is 0. The number of amides is 1. The number of hydrogen-bond acceptors (Lipinski definition) is 2. The summed E-state index contributed by atoms with van der Waals surface area (Å²) in [6.45, 7) is 6.37. The van der Waals surface area contributed by atoms with E-state index >= 15 is 0 Å². The van der Waals surface area contributed by atoms with Crippen LogP contribution in [0.15, 0.2) is 0 Å². The second kappa shape index (κ2) is 5.22. The van der Waals surface area contributed by atoms with E-state index < -0.39 is 0 Å². The molecule has 0 radical (unpaired) electrons. The molecule has 1 fully saturated rings. The van der Waals surface area contributed by atoms with Crippen LogP contribution in [0, 0.1) is 0 Å². The zero-order chi connectivity index (χ0) is 9.68. The Labute approximate surface area is 80.1 Å². The second-order valence-electron chi connectivity index (χ2n) is 3.76. The van der Waals surface area contributed by atoms with E-state index in [1.165, 1.54) is 0 Å². The summed E-state index contributed by atoms with van der Waals surface area (Å²) in [5.41, 5.74) is 0. The van der Waals surface area contributed by atoms with Crippen LogP contribution in [-0.4, -0.2) is 36.6 Å². The molecule has 0 aliphatic carbocycles. The minimum absolute atomic E-state index is 0.264. The Hall–Kier alpha value is -0.570. The first-order valence-corrected chi connectivity index (χ1v) is 5.09. The van der Waals surface area contributed by atoms with Crippen molar-refractivity contribution in [1.82, 2.24) is 4.90 Å². The van der Waals surface area contributed by atoms with E-state index in [1.807, 2.05) is 18.7 Å². The van der Waals surface area contributed by atoms with E-state index in [0.717, 1.165) is 32.4 Å². The van der Waals surface area contributed by atoms with Crippen molar-refractivity contribution in [3.8, 4) is 0 Å². The minimum atomic E-state index is 0.264. The fraction of sp³-hybridized carbons (Fsp3) is 0.900. The predicted octanol–water partition coefficient (Wildman–Crippen LogP) is 1.42. The molecule has 0 spiro atoms. The van der Waals surface area contributed by atoms with Crippen LogP contribution in [0.25, 0.3) is 0 Å². The highest BCUT2D eigenvalue weighted by atomic mass is 16.5. The molecule has 0 bridgehead atoms. The Bertz CT molecular complexity index is 168. The molecule has 13 heavy (non-hydrogen) atoms. The normalized spacial score (nSPS) is 18.4. The molecule has 0 saturated carbocycles. The van der Waals surface area contributed by atoms with Crippen molar-refractivity contribution in [2.45, 2.75) is 39.2 Å². The molecule has 1 rings (SSSR count). The first-order chi connectivity index (χ1) is 6.20. The maximum Gasteiger partial charge on any atom is 0.222 e. The third kappa shape index (κ3) is 3.77. The molecule has 0 unspecified atom stereocenters. The molecule has 76 valence electrons. The van der Waals surface area contributed by atoms with E-state index in [0.29, 0.717) is 12.5 Å². The van der Waals surface area contributed by atoms with Gasteiger partial charge >= 0.3 is 0 Å². The number of nitrogens with zero attached hydrogens (tertiary/aromatic N) is 1. The lowest BCUT2D eigenvalue weighted by Crippen LogP contribution is -2.37. The Balaban J connectivity index is 2.15. The molecule has 0 N–H and O–H groups in total. The average Bonchev–Trinajstić information content (AvgIpc) is 2.08. The zero-order valence-corrected chi connectivity index (χ0v) is 8.58. The number of piperidine rings is 1. The molecule has 1 amide bonds. The van der Waals surface area contributed by atoms with Crippen LogP contribution in [0.1, 0.15) is 33.1 Å². The number of likely N-dealkylation sites (tertiary alicyclic amines) is 1. The van der Waals surface area contributed by atoms with Crippen LogP contribution in [0.5, 0.6) is 0 Å². The summed E-state index contributed by atoms with van der Waals surface area (Å²) in [6, 6.07) is 0. The summed E-state index contributed by atoms with van der Waals surface area (Å²) in [5, 5.41) is 0. The lowest BCUT2D eigenvalue weighted by Gasteiger charge is -2.26. The molecule has 1 aliphatic rings. The van der Waals surface area contributed by atoms with Crippen molar-refractivity contribution < 1.29 is 9.53 Å². The highest BCUT2D eigenvalue weighted by Crippen LogP contribution is 2.09. The summed E-state index contributed by atoms with van der Waals surface area (Å²) >= 11 is 0. The molecule has 0 aromatic rings. The van der Waals surface area contributed by atoms with Crippen molar-refractivity contribution in [1.29, 1.82) is 0 Å². The predicted molar refractivity (Wildman–Crippen MR) is 51.5 cm³/mol. The van der Waals surface area contributed by atoms with Crippen molar-refractivity contribution in [3.63, 3.8) is 0 Å². The quantitative estimate of drug-likeness (QED) is 0.663. The van der Waals surface area contributed by atoms with Gasteiger partial charge in [-0.1, -0.05) is 0 Å². The first-order valence-electron chi connectivity index (χ1n) is 5.09. The highest BCUT2D eigenvalue weighted by Gasteiger charge is 2.17. The van der Waals surface area contributed by atoms with Gasteiger partial charge in [0.1, 0.15) is 0 Å². The molecular weight excluding hydrogens is 166 g/mol. The molecular formula is C10H19NO2. The SMILES string of the molecule is CC(C)OCCN1CCCCC1=O. The fourth-order valence-electron chi connectivity index (χ4n) is 1.50. The van der Waals surface area contributed by atoms with Gasteiger partial charge < -0.3 is 9.64 Å².